The lowest BCUT2D eigenvalue weighted by Gasteiger charge is -2.34. The number of nitrogens with two attached hydrogens (primary N) is 1. The zero-order valence-corrected chi connectivity index (χ0v) is 14.2. The number of rotatable bonds is 5. The van der Waals surface area contributed by atoms with Crippen LogP contribution in [0, 0.1) is 5.92 Å². The van der Waals surface area contributed by atoms with Crippen LogP contribution in [0.4, 0.5) is 5.69 Å². The van der Waals surface area contributed by atoms with Crippen LogP contribution in [0.25, 0.3) is 0 Å². The van der Waals surface area contributed by atoms with Gasteiger partial charge in [-0.2, -0.15) is 0 Å². The Hall–Kier alpha value is -1.55. The van der Waals surface area contributed by atoms with Gasteiger partial charge in [0.05, 0.1) is 6.54 Å². The molecule has 1 fully saturated rings. The van der Waals surface area contributed by atoms with Gasteiger partial charge in [-0.15, -0.1) is 0 Å². The molecule has 1 aliphatic heterocycles. The zero-order valence-electron chi connectivity index (χ0n) is 14.2. The van der Waals surface area contributed by atoms with Crippen LogP contribution in [0.5, 0.6) is 0 Å². The molecular weight excluding hydrogens is 272 g/mol. The zero-order chi connectivity index (χ0) is 15.9. The number of anilines is 1. The van der Waals surface area contributed by atoms with Crippen LogP contribution in [0.1, 0.15) is 39.2 Å². The van der Waals surface area contributed by atoms with E-state index in [2.05, 4.69) is 48.1 Å². The van der Waals surface area contributed by atoms with Crippen molar-refractivity contribution in [3.8, 4) is 0 Å². The number of nitrogens with one attached hydrogen (secondary N) is 1. The van der Waals surface area contributed by atoms with E-state index < -0.39 is 0 Å². The molecule has 2 rings (SSSR count). The van der Waals surface area contributed by atoms with Crippen LogP contribution in [0.15, 0.2) is 29.3 Å². The molecule has 3 N–H and O–H groups in total. The Kier molecular flexibility index (Phi) is 6.25. The van der Waals surface area contributed by atoms with E-state index in [-0.39, 0.29) is 0 Å². The monoisotopic (exact) mass is 302 g/mol. The van der Waals surface area contributed by atoms with Gasteiger partial charge < -0.3 is 11.1 Å². The van der Waals surface area contributed by atoms with E-state index in [0.717, 1.165) is 24.6 Å². The van der Waals surface area contributed by atoms with Gasteiger partial charge in [-0.25, -0.2) is 0 Å². The van der Waals surface area contributed by atoms with Crippen molar-refractivity contribution in [3.63, 3.8) is 0 Å². The molecule has 2 atom stereocenters. The number of benzene rings is 1. The van der Waals surface area contributed by atoms with Gasteiger partial charge in [-0.3, -0.25) is 9.89 Å². The van der Waals surface area contributed by atoms with Crippen LogP contribution in [0.3, 0.4) is 0 Å². The summed E-state index contributed by atoms with van der Waals surface area (Å²) in [6, 6.07) is 8.77. The molecule has 122 valence electrons. The van der Waals surface area contributed by atoms with E-state index in [1.54, 1.807) is 0 Å². The number of piperidine rings is 1. The number of guanidine groups is 1. The van der Waals surface area contributed by atoms with Crippen LogP contribution < -0.4 is 11.1 Å². The lowest BCUT2D eigenvalue weighted by atomic mass is 9.99. The number of nitrogens with zero attached hydrogens (tertiary/aromatic N) is 2. The SMILES string of the molecule is CCc1cccc(NC(N)=NCC(C)N2CCCC(C)C2)c1. The molecule has 0 saturated carbocycles. The lowest BCUT2D eigenvalue weighted by Crippen LogP contribution is -2.42. The number of hydrogen-bond donors (Lipinski definition) is 2. The number of aliphatic imine (C=N–C) groups is 1. The van der Waals surface area contributed by atoms with Crippen molar-refractivity contribution >= 4 is 11.6 Å². The molecule has 1 aromatic rings. The smallest absolute Gasteiger partial charge is 0.193 e. The van der Waals surface area contributed by atoms with E-state index in [9.17, 15) is 0 Å². The minimum atomic E-state index is 0.449. The molecule has 4 heteroatoms. The highest BCUT2D eigenvalue weighted by molar-refractivity contribution is 5.92. The van der Waals surface area contributed by atoms with Gasteiger partial charge in [0.1, 0.15) is 0 Å². The van der Waals surface area contributed by atoms with Gasteiger partial charge in [-0.05, 0) is 56.3 Å². The average Bonchev–Trinajstić information content (AvgIpc) is 2.52. The maximum absolute atomic E-state index is 6.02. The van der Waals surface area contributed by atoms with Gasteiger partial charge in [0.15, 0.2) is 5.96 Å². The van der Waals surface area contributed by atoms with Crippen molar-refractivity contribution in [2.75, 3.05) is 25.0 Å². The summed E-state index contributed by atoms with van der Waals surface area (Å²) >= 11 is 0. The van der Waals surface area contributed by atoms with Gasteiger partial charge >= 0.3 is 0 Å². The fourth-order valence-electron chi connectivity index (χ4n) is 3.03. The maximum atomic E-state index is 6.02. The van der Waals surface area contributed by atoms with Crippen LogP contribution in [0.2, 0.25) is 0 Å². The fourth-order valence-corrected chi connectivity index (χ4v) is 3.03. The third-order valence-electron chi connectivity index (χ3n) is 4.45. The fraction of sp³-hybridized carbons (Fsp3) is 0.611. The number of likely N-dealkylation sites (tertiary alicyclic amines) is 1. The molecule has 1 saturated heterocycles. The summed E-state index contributed by atoms with van der Waals surface area (Å²) in [6.07, 6.45) is 3.67. The van der Waals surface area contributed by atoms with Gasteiger partial charge in [0, 0.05) is 18.3 Å². The Labute approximate surface area is 134 Å². The first-order chi connectivity index (χ1) is 10.6. The Bertz CT molecular complexity index is 498. The summed E-state index contributed by atoms with van der Waals surface area (Å²) in [5.41, 5.74) is 8.34. The molecular formula is C18H30N4. The molecule has 0 aliphatic carbocycles. The topological polar surface area (TPSA) is 53.6 Å². The van der Waals surface area contributed by atoms with Crippen molar-refractivity contribution in [2.45, 2.75) is 46.1 Å². The number of aryl methyl sites for hydroxylation is 1. The first-order valence-electron chi connectivity index (χ1n) is 8.48. The summed E-state index contributed by atoms with van der Waals surface area (Å²) in [7, 11) is 0. The van der Waals surface area contributed by atoms with E-state index >= 15 is 0 Å². The molecule has 0 bridgehead atoms. The molecule has 2 unspecified atom stereocenters. The second-order valence-electron chi connectivity index (χ2n) is 6.50. The first-order valence-corrected chi connectivity index (χ1v) is 8.48. The van der Waals surface area contributed by atoms with E-state index in [0.29, 0.717) is 12.0 Å². The Morgan fingerprint density at radius 1 is 1.50 bits per heavy atom. The molecule has 0 spiro atoms. The van der Waals surface area contributed by atoms with E-state index in [1.807, 2.05) is 12.1 Å². The van der Waals surface area contributed by atoms with E-state index in [4.69, 9.17) is 5.73 Å². The number of hydrogen-bond acceptors (Lipinski definition) is 2. The molecule has 0 aromatic heterocycles. The lowest BCUT2D eigenvalue weighted by molar-refractivity contribution is 0.142. The van der Waals surface area contributed by atoms with Crippen molar-refractivity contribution in [1.82, 2.24) is 4.90 Å². The first kappa shape index (κ1) is 16.8. The quantitative estimate of drug-likeness (QED) is 0.649. The normalized spacial score (nSPS) is 21.6. The van der Waals surface area contributed by atoms with Crippen molar-refractivity contribution in [3.05, 3.63) is 29.8 Å². The van der Waals surface area contributed by atoms with Gasteiger partial charge in [0.25, 0.3) is 0 Å². The third-order valence-corrected chi connectivity index (χ3v) is 4.45. The summed E-state index contributed by atoms with van der Waals surface area (Å²) in [6.45, 7) is 9.84. The predicted molar refractivity (Wildman–Crippen MR) is 95.4 cm³/mol. The molecule has 1 aromatic carbocycles. The van der Waals surface area contributed by atoms with Gasteiger partial charge in [-0.1, -0.05) is 26.0 Å². The molecule has 4 nitrogen and oxygen atoms in total. The molecule has 0 amide bonds. The van der Waals surface area contributed by atoms with Crippen LogP contribution in [-0.4, -0.2) is 36.5 Å². The Morgan fingerprint density at radius 2 is 2.32 bits per heavy atom. The standard InChI is InChI=1S/C18H30N4/c1-4-16-8-5-9-17(11-16)21-18(19)20-12-15(3)22-10-6-7-14(2)13-22/h5,8-9,11,14-15H,4,6-7,10,12-13H2,1-3H3,(H3,19,20,21). The van der Waals surface area contributed by atoms with Crippen molar-refractivity contribution < 1.29 is 0 Å². The van der Waals surface area contributed by atoms with Crippen LogP contribution in [-0.2, 0) is 6.42 Å². The highest BCUT2D eigenvalue weighted by Crippen LogP contribution is 2.17. The highest BCUT2D eigenvalue weighted by Gasteiger charge is 2.20. The average molecular weight is 302 g/mol. The van der Waals surface area contributed by atoms with Crippen molar-refractivity contribution in [2.24, 2.45) is 16.6 Å². The second kappa shape index (κ2) is 8.18. The summed E-state index contributed by atoms with van der Waals surface area (Å²) in [5, 5.41) is 3.19. The molecule has 1 aliphatic rings. The van der Waals surface area contributed by atoms with Crippen LogP contribution >= 0.6 is 0 Å². The minimum Gasteiger partial charge on any atom is -0.370 e. The minimum absolute atomic E-state index is 0.449. The Morgan fingerprint density at radius 3 is 3.05 bits per heavy atom. The summed E-state index contributed by atoms with van der Waals surface area (Å²) < 4.78 is 0. The predicted octanol–water partition coefficient (Wildman–Crippen LogP) is 3.10. The largest absolute Gasteiger partial charge is 0.370 e. The summed E-state index contributed by atoms with van der Waals surface area (Å²) in [4.78, 5) is 7.05. The maximum Gasteiger partial charge on any atom is 0.193 e. The molecule has 1 heterocycles. The van der Waals surface area contributed by atoms with Gasteiger partial charge in [0.2, 0.25) is 0 Å². The third kappa shape index (κ3) is 5.02. The molecule has 22 heavy (non-hydrogen) atoms. The summed E-state index contributed by atoms with van der Waals surface area (Å²) in [5.74, 6) is 1.30. The molecule has 0 radical (unpaired) electrons. The Balaban J connectivity index is 1.86. The second-order valence-corrected chi connectivity index (χ2v) is 6.50. The van der Waals surface area contributed by atoms with E-state index in [1.165, 1.54) is 31.5 Å². The highest BCUT2D eigenvalue weighted by atomic mass is 15.2. The van der Waals surface area contributed by atoms with Crippen molar-refractivity contribution in [1.29, 1.82) is 0 Å².